The number of aliphatic hydroxyl groups excluding tert-OH is 1. The predicted molar refractivity (Wildman–Crippen MR) is 56.0 cm³/mol. The van der Waals surface area contributed by atoms with Crippen molar-refractivity contribution in [3.63, 3.8) is 0 Å². The molecule has 0 aromatic heterocycles. The van der Waals surface area contributed by atoms with Crippen LogP contribution in [0.2, 0.25) is 0 Å². The first-order valence-corrected chi connectivity index (χ1v) is 5.86. The summed E-state index contributed by atoms with van der Waals surface area (Å²) in [6.07, 6.45) is -2.32. The minimum atomic E-state index is -2.85. The fourth-order valence-corrected chi connectivity index (χ4v) is 1.29. The summed E-state index contributed by atoms with van der Waals surface area (Å²) in [5, 5.41) is 10.9. The monoisotopic (exact) mass is 242 g/mol. The van der Waals surface area contributed by atoms with Crippen molar-refractivity contribution in [1.82, 2.24) is 5.32 Å². The number of nitrogens with two attached hydrogens (primary N) is 1. The highest BCUT2D eigenvalue weighted by molar-refractivity contribution is 7.98. The molecule has 1 amide bonds. The Morgan fingerprint density at radius 2 is 2.20 bits per heavy atom. The van der Waals surface area contributed by atoms with Crippen LogP contribution < -0.4 is 11.1 Å². The third-order valence-electron chi connectivity index (χ3n) is 1.75. The molecule has 2 atom stereocenters. The fraction of sp³-hybridized carbons (Fsp3) is 0.875. The molecule has 4 N–H and O–H groups in total. The Bertz CT molecular complexity index is 195. The number of amides is 1. The van der Waals surface area contributed by atoms with Crippen molar-refractivity contribution in [2.45, 2.75) is 25.0 Å². The summed E-state index contributed by atoms with van der Waals surface area (Å²) >= 11 is 1.55. The second-order valence-electron chi connectivity index (χ2n) is 3.03. The lowest BCUT2D eigenvalue weighted by molar-refractivity contribution is -0.123. The minimum absolute atomic E-state index is 0.469. The lowest BCUT2D eigenvalue weighted by Gasteiger charge is -2.14. The molecule has 90 valence electrons. The molecule has 0 saturated carbocycles. The van der Waals surface area contributed by atoms with E-state index in [4.69, 9.17) is 10.8 Å². The van der Waals surface area contributed by atoms with Crippen LogP contribution in [-0.4, -0.2) is 48.1 Å². The van der Waals surface area contributed by atoms with Gasteiger partial charge in [-0.3, -0.25) is 4.79 Å². The van der Waals surface area contributed by atoms with Crippen molar-refractivity contribution >= 4 is 17.7 Å². The van der Waals surface area contributed by atoms with E-state index >= 15 is 0 Å². The van der Waals surface area contributed by atoms with Crippen LogP contribution in [0.25, 0.3) is 0 Å². The SMILES string of the molecule is CSCC[C@@H](N)C(=O)NCC(O)C(F)F. The molecule has 0 saturated heterocycles. The Labute approximate surface area is 91.6 Å². The molecule has 1 unspecified atom stereocenters. The molecule has 0 heterocycles. The van der Waals surface area contributed by atoms with E-state index in [0.29, 0.717) is 6.42 Å². The fourth-order valence-electron chi connectivity index (χ4n) is 0.801. The van der Waals surface area contributed by atoms with Gasteiger partial charge >= 0.3 is 0 Å². The molecule has 7 heteroatoms. The van der Waals surface area contributed by atoms with E-state index in [2.05, 4.69) is 5.32 Å². The highest BCUT2D eigenvalue weighted by atomic mass is 32.2. The standard InChI is InChI=1S/C8H16F2N2O2S/c1-15-3-2-5(11)8(14)12-4-6(13)7(9)10/h5-7,13H,2-4,11H2,1H3,(H,12,14)/t5-,6?/m1/s1. The van der Waals surface area contributed by atoms with E-state index in [0.717, 1.165) is 5.75 Å². The number of rotatable bonds is 7. The number of carbonyl (C=O) groups is 1. The summed E-state index contributed by atoms with van der Waals surface area (Å²) in [4.78, 5) is 11.2. The third-order valence-corrected chi connectivity index (χ3v) is 2.39. The minimum Gasteiger partial charge on any atom is -0.385 e. The third kappa shape index (κ3) is 6.64. The second kappa shape index (κ2) is 7.84. The van der Waals surface area contributed by atoms with Crippen LogP contribution in [0.1, 0.15) is 6.42 Å². The number of nitrogens with one attached hydrogen (secondary N) is 1. The Morgan fingerprint density at radius 1 is 1.60 bits per heavy atom. The van der Waals surface area contributed by atoms with Gasteiger partial charge in [-0.05, 0) is 18.4 Å². The molecule has 0 bridgehead atoms. The van der Waals surface area contributed by atoms with E-state index < -0.39 is 31.0 Å². The maximum atomic E-state index is 11.8. The van der Waals surface area contributed by atoms with Crippen molar-refractivity contribution in [2.75, 3.05) is 18.6 Å². The molecular weight excluding hydrogens is 226 g/mol. The highest BCUT2D eigenvalue weighted by Crippen LogP contribution is 2.00. The van der Waals surface area contributed by atoms with Crippen LogP contribution in [0.3, 0.4) is 0 Å². The number of hydrogen-bond donors (Lipinski definition) is 3. The molecule has 0 fully saturated rings. The number of halogens is 2. The first kappa shape index (κ1) is 14.6. The van der Waals surface area contributed by atoms with Crippen molar-refractivity contribution in [3.05, 3.63) is 0 Å². The van der Waals surface area contributed by atoms with Gasteiger partial charge in [0.15, 0.2) is 0 Å². The molecule has 0 spiro atoms. The molecule has 0 aromatic rings. The lowest BCUT2D eigenvalue weighted by Crippen LogP contribution is -2.44. The Balaban J connectivity index is 3.73. The van der Waals surface area contributed by atoms with Crippen LogP contribution in [0.15, 0.2) is 0 Å². The van der Waals surface area contributed by atoms with Crippen LogP contribution in [0.5, 0.6) is 0 Å². The zero-order valence-corrected chi connectivity index (χ0v) is 9.27. The smallest absolute Gasteiger partial charge is 0.265 e. The topological polar surface area (TPSA) is 75.4 Å². The number of alkyl halides is 2. The first-order valence-electron chi connectivity index (χ1n) is 4.47. The van der Waals surface area contributed by atoms with Crippen LogP contribution in [-0.2, 0) is 4.79 Å². The van der Waals surface area contributed by atoms with Gasteiger partial charge in [0.1, 0.15) is 6.10 Å². The van der Waals surface area contributed by atoms with Gasteiger partial charge in [0, 0.05) is 6.54 Å². The predicted octanol–water partition coefficient (Wildman–Crippen LogP) is -0.191. The molecule has 0 rings (SSSR count). The van der Waals surface area contributed by atoms with Crippen molar-refractivity contribution in [1.29, 1.82) is 0 Å². The van der Waals surface area contributed by atoms with Gasteiger partial charge in [-0.25, -0.2) is 8.78 Å². The zero-order chi connectivity index (χ0) is 11.8. The Morgan fingerprint density at radius 3 is 2.67 bits per heavy atom. The summed E-state index contributed by atoms with van der Waals surface area (Å²) < 4.78 is 23.7. The summed E-state index contributed by atoms with van der Waals surface area (Å²) in [5.41, 5.74) is 5.47. The summed E-state index contributed by atoms with van der Waals surface area (Å²) in [5.74, 6) is 0.218. The molecule has 15 heavy (non-hydrogen) atoms. The Hall–Kier alpha value is -0.400. The van der Waals surface area contributed by atoms with Gasteiger partial charge in [-0.1, -0.05) is 0 Å². The quantitative estimate of drug-likeness (QED) is 0.578. The van der Waals surface area contributed by atoms with E-state index in [-0.39, 0.29) is 0 Å². The van der Waals surface area contributed by atoms with E-state index in [1.807, 2.05) is 6.26 Å². The number of thioether (sulfide) groups is 1. The summed E-state index contributed by atoms with van der Waals surface area (Å²) in [6, 6.07) is -0.706. The van der Waals surface area contributed by atoms with Gasteiger partial charge < -0.3 is 16.2 Å². The van der Waals surface area contributed by atoms with Gasteiger partial charge in [-0.15, -0.1) is 0 Å². The summed E-state index contributed by atoms with van der Waals surface area (Å²) in [7, 11) is 0. The van der Waals surface area contributed by atoms with Crippen molar-refractivity contribution < 1.29 is 18.7 Å². The van der Waals surface area contributed by atoms with E-state index in [9.17, 15) is 13.6 Å². The average Bonchev–Trinajstić information content (AvgIpc) is 2.21. The normalized spacial score (nSPS) is 15.1. The van der Waals surface area contributed by atoms with Crippen molar-refractivity contribution in [2.24, 2.45) is 5.73 Å². The zero-order valence-electron chi connectivity index (χ0n) is 8.45. The van der Waals surface area contributed by atoms with E-state index in [1.54, 1.807) is 11.8 Å². The lowest BCUT2D eigenvalue weighted by atomic mass is 10.2. The number of aliphatic hydroxyl groups is 1. The molecule has 0 aliphatic carbocycles. The first-order chi connectivity index (χ1) is 6.99. The average molecular weight is 242 g/mol. The molecule has 4 nitrogen and oxygen atoms in total. The van der Waals surface area contributed by atoms with Gasteiger partial charge in [-0.2, -0.15) is 11.8 Å². The molecule has 0 radical (unpaired) electrons. The van der Waals surface area contributed by atoms with Crippen molar-refractivity contribution in [3.8, 4) is 0 Å². The highest BCUT2D eigenvalue weighted by Gasteiger charge is 2.19. The van der Waals surface area contributed by atoms with E-state index in [1.165, 1.54) is 0 Å². The van der Waals surface area contributed by atoms with Crippen LogP contribution in [0, 0.1) is 0 Å². The number of carbonyl (C=O) groups excluding carboxylic acids is 1. The molecular formula is C8H16F2N2O2S. The molecule has 0 aromatic carbocycles. The van der Waals surface area contributed by atoms with Gasteiger partial charge in [0.05, 0.1) is 6.04 Å². The van der Waals surface area contributed by atoms with Crippen LogP contribution >= 0.6 is 11.8 Å². The largest absolute Gasteiger partial charge is 0.385 e. The van der Waals surface area contributed by atoms with Gasteiger partial charge in [0.25, 0.3) is 6.43 Å². The van der Waals surface area contributed by atoms with Crippen LogP contribution in [0.4, 0.5) is 8.78 Å². The van der Waals surface area contributed by atoms with Gasteiger partial charge in [0.2, 0.25) is 5.91 Å². The second-order valence-corrected chi connectivity index (χ2v) is 4.02. The Kier molecular flexibility index (Phi) is 7.63. The summed E-state index contributed by atoms with van der Waals surface area (Å²) in [6.45, 7) is -0.469. The molecule has 0 aliphatic heterocycles. The molecule has 0 aliphatic rings. The number of hydrogen-bond acceptors (Lipinski definition) is 4. The maximum Gasteiger partial charge on any atom is 0.265 e. The maximum absolute atomic E-state index is 11.8.